The van der Waals surface area contributed by atoms with E-state index in [4.69, 9.17) is 9.47 Å². The molecule has 2 aromatic carbocycles. The second kappa shape index (κ2) is 11.8. The van der Waals surface area contributed by atoms with Crippen LogP contribution in [0.4, 0.5) is 5.69 Å². The monoisotopic (exact) mass is 567 g/mol. The van der Waals surface area contributed by atoms with Crippen LogP contribution < -0.4 is 19.1 Å². The molecule has 0 unspecified atom stereocenters. The largest absolute Gasteiger partial charge is 0.486 e. The highest BCUT2D eigenvalue weighted by atomic mass is 79.9. The summed E-state index contributed by atoms with van der Waals surface area (Å²) in [6.45, 7) is 4.47. The van der Waals surface area contributed by atoms with Crippen molar-refractivity contribution in [2.45, 2.75) is 32.9 Å². The number of carbonyl (C=O) groups excluding carboxylic acids is 2. The molecular formula is C24H30BrN3O6S. The lowest BCUT2D eigenvalue weighted by Gasteiger charge is -2.31. The van der Waals surface area contributed by atoms with E-state index in [1.165, 1.54) is 4.90 Å². The van der Waals surface area contributed by atoms with Gasteiger partial charge in [-0.1, -0.05) is 35.0 Å². The first-order valence-corrected chi connectivity index (χ1v) is 13.9. The molecule has 35 heavy (non-hydrogen) atoms. The zero-order chi connectivity index (χ0) is 25.6. The topological polar surface area (TPSA) is 105 Å². The van der Waals surface area contributed by atoms with Gasteiger partial charge < -0.3 is 19.7 Å². The summed E-state index contributed by atoms with van der Waals surface area (Å²) in [7, 11) is -3.83. The van der Waals surface area contributed by atoms with Crippen LogP contribution in [0.15, 0.2) is 46.9 Å². The van der Waals surface area contributed by atoms with Crippen molar-refractivity contribution < 1.29 is 27.5 Å². The van der Waals surface area contributed by atoms with Gasteiger partial charge in [-0.3, -0.25) is 13.9 Å². The Balaban J connectivity index is 1.90. The number of benzene rings is 2. The quantitative estimate of drug-likeness (QED) is 0.473. The number of hydrogen-bond donors (Lipinski definition) is 1. The Morgan fingerprint density at radius 2 is 1.83 bits per heavy atom. The van der Waals surface area contributed by atoms with Crippen molar-refractivity contribution in [3.63, 3.8) is 0 Å². The molecule has 1 heterocycles. The molecule has 0 saturated carbocycles. The summed E-state index contributed by atoms with van der Waals surface area (Å²) >= 11 is 3.42. The third kappa shape index (κ3) is 7.11. The average Bonchev–Trinajstić information content (AvgIpc) is 2.82. The molecule has 0 fully saturated rings. The molecule has 1 N–H and O–H groups in total. The van der Waals surface area contributed by atoms with Crippen LogP contribution in [0.25, 0.3) is 0 Å². The van der Waals surface area contributed by atoms with Crippen LogP contribution in [-0.2, 0) is 26.2 Å². The van der Waals surface area contributed by atoms with E-state index in [0.29, 0.717) is 31.3 Å². The van der Waals surface area contributed by atoms with E-state index >= 15 is 0 Å². The minimum Gasteiger partial charge on any atom is -0.486 e. The van der Waals surface area contributed by atoms with Gasteiger partial charge in [-0.25, -0.2) is 8.42 Å². The second-order valence-electron chi connectivity index (χ2n) is 8.22. The normalized spacial score (nSPS) is 13.6. The number of halogens is 1. The molecule has 3 rings (SSSR count). The van der Waals surface area contributed by atoms with Crippen molar-refractivity contribution in [3.05, 3.63) is 52.5 Å². The number of nitrogens with one attached hydrogen (secondary N) is 1. The third-order valence-corrected chi connectivity index (χ3v) is 7.09. The number of ether oxygens (including phenoxy) is 2. The van der Waals surface area contributed by atoms with Crippen molar-refractivity contribution in [2.24, 2.45) is 0 Å². The average molecular weight is 568 g/mol. The van der Waals surface area contributed by atoms with Gasteiger partial charge in [0, 0.05) is 23.6 Å². The Morgan fingerprint density at radius 1 is 1.11 bits per heavy atom. The number of sulfonamides is 1. The van der Waals surface area contributed by atoms with Crippen LogP contribution in [0, 0.1) is 0 Å². The molecule has 0 bridgehead atoms. The van der Waals surface area contributed by atoms with E-state index in [0.717, 1.165) is 27.0 Å². The molecule has 0 spiro atoms. The zero-order valence-corrected chi connectivity index (χ0v) is 22.4. The summed E-state index contributed by atoms with van der Waals surface area (Å²) in [4.78, 5) is 27.7. The van der Waals surface area contributed by atoms with Crippen molar-refractivity contribution in [3.8, 4) is 11.5 Å². The first kappa shape index (κ1) is 26.8. The van der Waals surface area contributed by atoms with Gasteiger partial charge in [0.2, 0.25) is 21.8 Å². The summed E-state index contributed by atoms with van der Waals surface area (Å²) in [6.07, 6.45) is 1.79. The van der Waals surface area contributed by atoms with Gasteiger partial charge in [0.05, 0.1) is 11.9 Å². The predicted molar refractivity (Wildman–Crippen MR) is 137 cm³/mol. The SMILES string of the molecule is CCCNC(=O)[C@H](C)N(Cc1cccc(Br)c1)C(=O)CN(c1ccc2c(c1)OCCO2)S(C)(=O)=O. The van der Waals surface area contributed by atoms with Crippen molar-refractivity contribution in [1.29, 1.82) is 0 Å². The molecule has 0 radical (unpaired) electrons. The number of amides is 2. The standard InChI is InChI=1S/C24H30BrN3O6S/c1-4-10-26-24(30)17(2)27(15-18-6-5-7-19(25)13-18)23(29)16-28(35(3,31)32)20-8-9-21-22(14-20)34-12-11-33-21/h5-9,13-14,17H,4,10-12,15-16H2,1-3H3,(H,26,30)/t17-/m0/s1. The highest BCUT2D eigenvalue weighted by Gasteiger charge is 2.30. The molecule has 1 aliphatic heterocycles. The molecule has 2 amide bonds. The van der Waals surface area contributed by atoms with Gasteiger partial charge in [-0.05, 0) is 43.2 Å². The maximum atomic E-state index is 13.5. The minimum atomic E-state index is -3.83. The molecule has 2 aromatic rings. The van der Waals surface area contributed by atoms with Crippen LogP contribution in [-0.4, -0.2) is 63.7 Å². The molecule has 0 aliphatic carbocycles. The first-order chi connectivity index (χ1) is 16.6. The van der Waals surface area contributed by atoms with Crippen LogP contribution in [0.2, 0.25) is 0 Å². The van der Waals surface area contributed by atoms with E-state index in [-0.39, 0.29) is 18.1 Å². The Hall–Kier alpha value is -2.79. The second-order valence-corrected chi connectivity index (χ2v) is 11.0. The summed E-state index contributed by atoms with van der Waals surface area (Å²) in [5.41, 5.74) is 1.07. The fourth-order valence-electron chi connectivity index (χ4n) is 3.61. The lowest BCUT2D eigenvalue weighted by atomic mass is 10.1. The summed E-state index contributed by atoms with van der Waals surface area (Å²) < 4.78 is 38.3. The highest BCUT2D eigenvalue weighted by Crippen LogP contribution is 2.34. The van der Waals surface area contributed by atoms with Crippen molar-refractivity contribution in [2.75, 3.05) is 36.9 Å². The number of carbonyl (C=O) groups is 2. The smallest absolute Gasteiger partial charge is 0.244 e. The lowest BCUT2D eigenvalue weighted by Crippen LogP contribution is -2.51. The Kier molecular flexibility index (Phi) is 9.01. The Morgan fingerprint density at radius 3 is 2.49 bits per heavy atom. The fourth-order valence-corrected chi connectivity index (χ4v) is 4.90. The van der Waals surface area contributed by atoms with Crippen LogP contribution in [0.3, 0.4) is 0 Å². The maximum Gasteiger partial charge on any atom is 0.244 e. The van der Waals surface area contributed by atoms with Gasteiger partial charge in [0.15, 0.2) is 11.5 Å². The number of rotatable bonds is 10. The third-order valence-electron chi connectivity index (χ3n) is 5.45. The fraction of sp³-hybridized carbons (Fsp3) is 0.417. The number of anilines is 1. The molecule has 1 aliphatic rings. The molecule has 0 aromatic heterocycles. The Bertz CT molecular complexity index is 1170. The van der Waals surface area contributed by atoms with Crippen molar-refractivity contribution in [1.82, 2.24) is 10.2 Å². The highest BCUT2D eigenvalue weighted by molar-refractivity contribution is 9.10. The van der Waals surface area contributed by atoms with Gasteiger partial charge in [0.25, 0.3) is 0 Å². The molecule has 11 heteroatoms. The zero-order valence-electron chi connectivity index (χ0n) is 20.0. The van der Waals surface area contributed by atoms with E-state index in [1.54, 1.807) is 25.1 Å². The summed E-state index contributed by atoms with van der Waals surface area (Å²) in [6, 6.07) is 11.3. The molecule has 9 nitrogen and oxygen atoms in total. The molecule has 0 saturated heterocycles. The van der Waals surface area contributed by atoms with Crippen LogP contribution >= 0.6 is 15.9 Å². The van der Waals surface area contributed by atoms with Gasteiger partial charge in [-0.15, -0.1) is 0 Å². The van der Waals surface area contributed by atoms with Crippen LogP contribution in [0.5, 0.6) is 11.5 Å². The first-order valence-electron chi connectivity index (χ1n) is 11.3. The van der Waals surface area contributed by atoms with Gasteiger partial charge in [0.1, 0.15) is 25.8 Å². The van der Waals surface area contributed by atoms with E-state index in [9.17, 15) is 18.0 Å². The van der Waals surface area contributed by atoms with E-state index in [1.807, 2.05) is 31.2 Å². The summed E-state index contributed by atoms with van der Waals surface area (Å²) in [5.74, 6) is 0.107. The number of hydrogen-bond acceptors (Lipinski definition) is 6. The van der Waals surface area contributed by atoms with E-state index < -0.39 is 28.5 Å². The molecule has 190 valence electrons. The number of fused-ring (bicyclic) bond motifs is 1. The van der Waals surface area contributed by atoms with E-state index in [2.05, 4.69) is 21.2 Å². The van der Waals surface area contributed by atoms with Crippen molar-refractivity contribution >= 4 is 43.5 Å². The Labute approximate surface area is 214 Å². The predicted octanol–water partition coefficient (Wildman–Crippen LogP) is 2.93. The minimum absolute atomic E-state index is 0.137. The number of nitrogens with zero attached hydrogens (tertiary/aromatic N) is 2. The summed E-state index contributed by atoms with van der Waals surface area (Å²) in [5, 5.41) is 2.81. The van der Waals surface area contributed by atoms with Crippen LogP contribution in [0.1, 0.15) is 25.8 Å². The molecule has 1 atom stereocenters. The molecular weight excluding hydrogens is 538 g/mol. The van der Waals surface area contributed by atoms with Gasteiger partial charge >= 0.3 is 0 Å². The maximum absolute atomic E-state index is 13.5. The lowest BCUT2D eigenvalue weighted by molar-refractivity contribution is -0.139. The van der Waals surface area contributed by atoms with Gasteiger partial charge in [-0.2, -0.15) is 0 Å².